The Balaban J connectivity index is 1.50. The first-order valence-corrected chi connectivity index (χ1v) is 12.2. The molecule has 0 aliphatic heterocycles. The topological polar surface area (TPSA) is 66.8 Å². The highest BCUT2D eigenvalue weighted by molar-refractivity contribution is 5.91. The fraction of sp³-hybridized carbons (Fsp3) is 0.607. The van der Waals surface area contributed by atoms with Gasteiger partial charge in [-0.1, -0.05) is 51.1 Å². The fourth-order valence-electron chi connectivity index (χ4n) is 8.32. The van der Waals surface area contributed by atoms with Crippen LogP contribution in [0, 0.1) is 34.5 Å². The molecule has 2 N–H and O–H groups in total. The van der Waals surface area contributed by atoms with Crippen molar-refractivity contribution in [3.05, 3.63) is 54.3 Å². The van der Waals surface area contributed by atoms with Gasteiger partial charge in [0.05, 0.1) is 6.10 Å². The Hall–Kier alpha value is -1.91. The average molecular weight is 437 g/mol. The minimum atomic E-state index is -1.21. The molecule has 32 heavy (non-hydrogen) atoms. The minimum absolute atomic E-state index is 0.0164. The molecule has 0 spiro atoms. The lowest BCUT2D eigenvalue weighted by molar-refractivity contribution is -0.171. The number of benzene rings is 1. The van der Waals surface area contributed by atoms with E-state index in [2.05, 4.69) is 27.4 Å². The van der Waals surface area contributed by atoms with E-state index < -0.39 is 17.1 Å². The van der Waals surface area contributed by atoms with Crippen molar-refractivity contribution in [2.24, 2.45) is 34.5 Å². The molecule has 3 saturated carbocycles. The van der Waals surface area contributed by atoms with Gasteiger partial charge in [-0.05, 0) is 79.4 Å². The molecule has 0 saturated heterocycles. The lowest BCUT2D eigenvalue weighted by Gasteiger charge is -2.60. The molecule has 172 valence electrons. The van der Waals surface area contributed by atoms with Gasteiger partial charge in [0.1, 0.15) is 17.1 Å². The number of rotatable bonds is 3. The van der Waals surface area contributed by atoms with Crippen LogP contribution in [-0.2, 0) is 4.79 Å². The monoisotopic (exact) mass is 436 g/mol. The Labute approximate surface area is 191 Å². The quantitative estimate of drug-likeness (QED) is 0.650. The molecule has 3 fully saturated rings. The second kappa shape index (κ2) is 7.30. The van der Waals surface area contributed by atoms with Gasteiger partial charge < -0.3 is 14.9 Å². The van der Waals surface area contributed by atoms with Gasteiger partial charge >= 0.3 is 0 Å². The van der Waals surface area contributed by atoms with Crippen LogP contribution in [0.4, 0.5) is 0 Å². The third-order valence-electron chi connectivity index (χ3n) is 9.89. The standard InChI is InChI=1S/C28H36O4/c1-17-14-23-22-11-10-19-15-20(29)12-13-26(19,3)25(22)24(30)16-27(23,4)28(17,31)18(2)32-21-8-6-5-7-9-21/h5-9,15,17,22-25,30-31H,2,10-14,16H2,1,3-4H3/t17?,22-,23-,24?,25+,26-,27-,28-/m0/s1. The number of fused-ring (bicyclic) bond motifs is 5. The van der Waals surface area contributed by atoms with Crippen molar-refractivity contribution >= 4 is 5.78 Å². The van der Waals surface area contributed by atoms with Gasteiger partial charge in [0.25, 0.3) is 0 Å². The lowest BCUT2D eigenvalue weighted by atomic mass is 9.45. The lowest BCUT2D eigenvalue weighted by Crippen LogP contribution is -2.61. The highest BCUT2D eigenvalue weighted by Gasteiger charge is 2.69. The molecule has 4 heteroatoms. The number of aliphatic hydroxyl groups is 2. The number of carbonyl (C=O) groups is 1. The van der Waals surface area contributed by atoms with Crippen molar-refractivity contribution in [1.82, 2.24) is 0 Å². The number of hydrogen-bond donors (Lipinski definition) is 2. The first kappa shape index (κ1) is 21.9. The van der Waals surface area contributed by atoms with E-state index in [0.717, 1.165) is 25.7 Å². The van der Waals surface area contributed by atoms with E-state index in [1.807, 2.05) is 36.4 Å². The molecule has 0 heterocycles. The van der Waals surface area contributed by atoms with E-state index >= 15 is 0 Å². The molecule has 0 amide bonds. The zero-order valence-electron chi connectivity index (χ0n) is 19.5. The largest absolute Gasteiger partial charge is 0.459 e. The summed E-state index contributed by atoms with van der Waals surface area (Å²) >= 11 is 0. The molecule has 1 aromatic carbocycles. The summed E-state index contributed by atoms with van der Waals surface area (Å²) in [5.74, 6) is 2.00. The predicted octanol–water partition coefficient (Wildman–Crippen LogP) is 5.06. The Kier molecular flexibility index (Phi) is 5.00. The second-order valence-electron chi connectivity index (χ2n) is 11.3. The van der Waals surface area contributed by atoms with E-state index in [4.69, 9.17) is 4.74 Å². The van der Waals surface area contributed by atoms with Crippen LogP contribution >= 0.6 is 0 Å². The van der Waals surface area contributed by atoms with E-state index in [9.17, 15) is 15.0 Å². The Morgan fingerprint density at radius 1 is 1.19 bits per heavy atom. The Morgan fingerprint density at radius 3 is 2.62 bits per heavy atom. The smallest absolute Gasteiger partial charge is 0.155 e. The number of ether oxygens (including phenoxy) is 1. The van der Waals surface area contributed by atoms with Gasteiger partial charge in [-0.25, -0.2) is 0 Å². The van der Waals surface area contributed by atoms with E-state index in [-0.39, 0.29) is 29.0 Å². The van der Waals surface area contributed by atoms with Gasteiger partial charge in [0.2, 0.25) is 0 Å². The molecule has 0 bridgehead atoms. The van der Waals surface area contributed by atoms with E-state index in [1.165, 1.54) is 5.57 Å². The molecular formula is C28H36O4. The van der Waals surface area contributed by atoms with Crippen molar-refractivity contribution in [1.29, 1.82) is 0 Å². The van der Waals surface area contributed by atoms with Gasteiger partial charge in [-0.15, -0.1) is 0 Å². The van der Waals surface area contributed by atoms with Crippen LogP contribution in [0.15, 0.2) is 54.3 Å². The third kappa shape index (κ3) is 2.85. The molecule has 1 aromatic rings. The van der Waals surface area contributed by atoms with E-state index in [1.54, 1.807) is 0 Å². The highest BCUT2D eigenvalue weighted by Crippen LogP contribution is 2.69. The number of aliphatic hydroxyl groups excluding tert-OH is 1. The summed E-state index contributed by atoms with van der Waals surface area (Å²) in [5.41, 5.74) is -0.616. The van der Waals surface area contributed by atoms with Crippen molar-refractivity contribution in [3.63, 3.8) is 0 Å². The normalized spacial score (nSPS) is 45.3. The van der Waals surface area contributed by atoms with E-state index in [0.29, 0.717) is 30.3 Å². The molecule has 4 nitrogen and oxygen atoms in total. The molecule has 4 aliphatic rings. The van der Waals surface area contributed by atoms with Crippen molar-refractivity contribution < 1.29 is 19.7 Å². The van der Waals surface area contributed by atoms with Gasteiger partial charge in [-0.3, -0.25) is 4.79 Å². The van der Waals surface area contributed by atoms with Crippen LogP contribution < -0.4 is 4.74 Å². The number of hydrogen-bond acceptors (Lipinski definition) is 4. The molecule has 5 rings (SSSR count). The van der Waals surface area contributed by atoms with Crippen LogP contribution in [0.3, 0.4) is 0 Å². The van der Waals surface area contributed by atoms with Crippen LogP contribution in [0.5, 0.6) is 5.75 Å². The molecule has 0 radical (unpaired) electrons. The van der Waals surface area contributed by atoms with Crippen LogP contribution in [0.1, 0.15) is 59.3 Å². The summed E-state index contributed by atoms with van der Waals surface area (Å²) in [6, 6.07) is 9.50. The Morgan fingerprint density at radius 2 is 1.91 bits per heavy atom. The van der Waals surface area contributed by atoms with Gasteiger partial charge in [0, 0.05) is 11.8 Å². The average Bonchev–Trinajstić information content (AvgIpc) is 2.96. The summed E-state index contributed by atoms with van der Waals surface area (Å²) in [6.45, 7) is 10.7. The molecule has 8 atom stereocenters. The maximum absolute atomic E-state index is 12.2. The fourth-order valence-corrected chi connectivity index (χ4v) is 8.32. The maximum atomic E-state index is 12.2. The highest BCUT2D eigenvalue weighted by atomic mass is 16.5. The summed E-state index contributed by atoms with van der Waals surface area (Å²) in [6.07, 6.45) is 6.03. The first-order chi connectivity index (χ1) is 15.1. The molecule has 4 aliphatic carbocycles. The molecule has 2 unspecified atom stereocenters. The SMILES string of the molecule is C=C(Oc1ccccc1)[C@@]1(O)C(C)C[C@H]2[C@@H]3CCC4=CC(=O)CC[C@]4(C)[C@H]3C(O)C[C@@]21C. The number of carbonyl (C=O) groups excluding carboxylic acids is 1. The van der Waals surface area contributed by atoms with Gasteiger partial charge in [-0.2, -0.15) is 0 Å². The molecular weight excluding hydrogens is 400 g/mol. The van der Waals surface area contributed by atoms with Gasteiger partial charge in [0.15, 0.2) is 5.78 Å². The number of allylic oxidation sites excluding steroid dienone is 1. The first-order valence-electron chi connectivity index (χ1n) is 12.2. The summed E-state index contributed by atoms with van der Waals surface area (Å²) in [5, 5.41) is 23.8. The number of ketones is 1. The van der Waals surface area contributed by atoms with Crippen molar-refractivity contribution in [2.75, 3.05) is 0 Å². The maximum Gasteiger partial charge on any atom is 0.155 e. The number of para-hydroxylation sites is 1. The second-order valence-corrected chi connectivity index (χ2v) is 11.3. The van der Waals surface area contributed by atoms with Crippen LogP contribution in [0.25, 0.3) is 0 Å². The zero-order valence-corrected chi connectivity index (χ0v) is 19.5. The van der Waals surface area contributed by atoms with Crippen molar-refractivity contribution in [2.45, 2.75) is 71.0 Å². The van der Waals surface area contributed by atoms with Crippen LogP contribution in [0.2, 0.25) is 0 Å². The van der Waals surface area contributed by atoms with Crippen molar-refractivity contribution in [3.8, 4) is 5.75 Å². The summed E-state index contributed by atoms with van der Waals surface area (Å²) in [4.78, 5) is 12.1. The molecule has 0 aromatic heterocycles. The minimum Gasteiger partial charge on any atom is -0.459 e. The summed E-state index contributed by atoms with van der Waals surface area (Å²) < 4.78 is 6.10. The van der Waals surface area contributed by atoms with Crippen LogP contribution in [-0.4, -0.2) is 27.7 Å². The summed E-state index contributed by atoms with van der Waals surface area (Å²) in [7, 11) is 0. The zero-order chi connectivity index (χ0) is 22.9. The Bertz CT molecular complexity index is 967. The third-order valence-corrected chi connectivity index (χ3v) is 9.89. The predicted molar refractivity (Wildman–Crippen MR) is 124 cm³/mol.